The van der Waals surface area contributed by atoms with Gasteiger partial charge in [-0.05, 0) is 43.9 Å². The molecule has 0 radical (unpaired) electrons. The Labute approximate surface area is 161 Å². The van der Waals surface area contributed by atoms with Gasteiger partial charge in [-0.1, -0.05) is 48.5 Å². The van der Waals surface area contributed by atoms with Crippen LogP contribution in [0.5, 0.6) is 0 Å². The maximum atomic E-state index is 13.2. The fourth-order valence-corrected chi connectivity index (χ4v) is 5.13. The van der Waals surface area contributed by atoms with E-state index >= 15 is 0 Å². The second-order valence-electron chi connectivity index (χ2n) is 7.15. The van der Waals surface area contributed by atoms with E-state index in [1.165, 1.54) is 4.31 Å². The lowest BCUT2D eigenvalue weighted by atomic mass is 9.81. The first kappa shape index (κ1) is 19.4. The van der Waals surface area contributed by atoms with Crippen LogP contribution >= 0.6 is 0 Å². The predicted molar refractivity (Wildman–Crippen MR) is 106 cm³/mol. The Bertz CT molecular complexity index is 911. The lowest BCUT2D eigenvalue weighted by Crippen LogP contribution is -2.36. The van der Waals surface area contributed by atoms with Crippen molar-refractivity contribution in [3.05, 3.63) is 65.7 Å². The van der Waals surface area contributed by atoms with Gasteiger partial charge < -0.3 is 4.74 Å². The Balaban J connectivity index is 1.97. The Kier molecular flexibility index (Phi) is 5.56. The number of carbonyl (C=O) groups excluding carboxylic acids is 1. The highest BCUT2D eigenvalue weighted by atomic mass is 32.2. The number of sulfonamides is 1. The zero-order valence-corrected chi connectivity index (χ0v) is 16.5. The van der Waals surface area contributed by atoms with Crippen molar-refractivity contribution in [2.75, 3.05) is 17.5 Å². The van der Waals surface area contributed by atoms with E-state index in [0.29, 0.717) is 25.1 Å². The number of rotatable bonds is 5. The topological polar surface area (TPSA) is 63.7 Å². The summed E-state index contributed by atoms with van der Waals surface area (Å²) in [5.41, 5.74) is 1.50. The summed E-state index contributed by atoms with van der Waals surface area (Å²) >= 11 is 0. The van der Waals surface area contributed by atoms with Crippen LogP contribution in [0.2, 0.25) is 0 Å². The van der Waals surface area contributed by atoms with E-state index < -0.39 is 15.4 Å². The minimum Gasteiger partial charge on any atom is -0.466 e. The van der Waals surface area contributed by atoms with Gasteiger partial charge in [0.05, 0.1) is 23.5 Å². The van der Waals surface area contributed by atoms with E-state index in [1.54, 1.807) is 6.92 Å². The molecule has 1 aliphatic rings. The average Bonchev–Trinajstić information content (AvgIpc) is 2.79. The molecule has 0 saturated heterocycles. The first-order valence-electron chi connectivity index (χ1n) is 9.15. The third kappa shape index (κ3) is 4.16. The highest BCUT2D eigenvalue weighted by Gasteiger charge is 2.40. The molecule has 1 heterocycles. The number of nitrogens with zero attached hydrogens (tertiary/aromatic N) is 1. The fourth-order valence-electron chi connectivity index (χ4n) is 3.51. The minimum absolute atomic E-state index is 0.0711. The zero-order chi connectivity index (χ0) is 19.5. The summed E-state index contributed by atoms with van der Waals surface area (Å²) in [5.74, 6) is -0.347. The van der Waals surface area contributed by atoms with Crippen LogP contribution in [-0.2, 0) is 31.7 Å². The molecule has 0 fully saturated rings. The minimum atomic E-state index is -3.58. The van der Waals surface area contributed by atoms with E-state index in [9.17, 15) is 13.2 Å². The Morgan fingerprint density at radius 3 is 2.48 bits per heavy atom. The fraction of sp³-hybridized carbons (Fsp3) is 0.381. The van der Waals surface area contributed by atoms with Gasteiger partial charge in [0.2, 0.25) is 10.0 Å². The SMILES string of the molecule is CCOC(=O)C1(C)CCN(S(=O)(=O)Cc2ccccc2)c2ccccc2C1. The summed E-state index contributed by atoms with van der Waals surface area (Å²) in [5, 5.41) is 0. The van der Waals surface area contributed by atoms with Crippen molar-refractivity contribution in [2.24, 2.45) is 5.41 Å². The second kappa shape index (κ2) is 7.72. The van der Waals surface area contributed by atoms with E-state index in [-0.39, 0.29) is 18.3 Å². The molecular weight excluding hydrogens is 362 g/mol. The van der Waals surface area contributed by atoms with Gasteiger partial charge in [-0.15, -0.1) is 0 Å². The summed E-state index contributed by atoms with van der Waals surface area (Å²) in [6.45, 7) is 4.20. The van der Waals surface area contributed by atoms with Crippen molar-refractivity contribution in [1.29, 1.82) is 0 Å². The smallest absolute Gasteiger partial charge is 0.312 e. The number of fused-ring (bicyclic) bond motifs is 1. The van der Waals surface area contributed by atoms with Gasteiger partial charge in [0.1, 0.15) is 0 Å². The molecule has 2 aromatic carbocycles. The van der Waals surface area contributed by atoms with Crippen molar-refractivity contribution >= 4 is 21.7 Å². The molecule has 1 atom stereocenters. The number of hydrogen-bond acceptors (Lipinski definition) is 4. The summed E-state index contributed by atoms with van der Waals surface area (Å²) in [7, 11) is -3.58. The molecule has 0 saturated carbocycles. The van der Waals surface area contributed by atoms with Crippen molar-refractivity contribution in [1.82, 2.24) is 0 Å². The molecule has 0 spiro atoms. The number of anilines is 1. The van der Waals surface area contributed by atoms with Crippen LogP contribution in [0.1, 0.15) is 31.4 Å². The van der Waals surface area contributed by atoms with Gasteiger partial charge in [0, 0.05) is 6.54 Å². The summed E-state index contributed by atoms with van der Waals surface area (Å²) in [6.07, 6.45) is 0.869. The van der Waals surface area contributed by atoms with Crippen LogP contribution in [0.3, 0.4) is 0 Å². The molecule has 3 rings (SSSR count). The lowest BCUT2D eigenvalue weighted by Gasteiger charge is -2.26. The quantitative estimate of drug-likeness (QED) is 0.736. The number of esters is 1. The molecule has 1 aliphatic heterocycles. The molecule has 144 valence electrons. The molecule has 6 heteroatoms. The lowest BCUT2D eigenvalue weighted by molar-refractivity contribution is -0.154. The monoisotopic (exact) mass is 387 g/mol. The standard InChI is InChI=1S/C21H25NO4S/c1-3-26-20(23)21(2)13-14-22(19-12-8-7-11-18(19)15-21)27(24,25)16-17-9-5-4-6-10-17/h4-12H,3,13-16H2,1-2H3. The normalized spacial score (nSPS) is 19.9. The second-order valence-corrected chi connectivity index (χ2v) is 9.04. The zero-order valence-electron chi connectivity index (χ0n) is 15.7. The number of benzene rings is 2. The highest BCUT2D eigenvalue weighted by Crippen LogP contribution is 2.38. The van der Waals surface area contributed by atoms with Gasteiger partial charge in [0.15, 0.2) is 0 Å². The van der Waals surface area contributed by atoms with Gasteiger partial charge >= 0.3 is 5.97 Å². The van der Waals surface area contributed by atoms with E-state index in [4.69, 9.17) is 4.74 Å². The average molecular weight is 388 g/mol. The van der Waals surface area contributed by atoms with Gasteiger partial charge in [0.25, 0.3) is 0 Å². The van der Waals surface area contributed by atoms with Crippen LogP contribution < -0.4 is 4.31 Å². The molecule has 0 N–H and O–H groups in total. The third-order valence-electron chi connectivity index (χ3n) is 5.00. The number of carbonyl (C=O) groups is 1. The first-order chi connectivity index (χ1) is 12.9. The van der Waals surface area contributed by atoms with Crippen LogP contribution in [0, 0.1) is 5.41 Å². The van der Waals surface area contributed by atoms with E-state index in [0.717, 1.165) is 11.1 Å². The maximum Gasteiger partial charge on any atom is 0.312 e. The number of ether oxygens (including phenoxy) is 1. The van der Waals surface area contributed by atoms with Crippen molar-refractivity contribution in [3.8, 4) is 0 Å². The molecule has 1 unspecified atom stereocenters. The molecule has 0 aliphatic carbocycles. The molecule has 27 heavy (non-hydrogen) atoms. The molecular formula is C21H25NO4S. The molecule has 0 amide bonds. The summed E-state index contributed by atoms with van der Waals surface area (Å²) in [6, 6.07) is 16.6. The van der Waals surface area contributed by atoms with Crippen molar-refractivity contribution < 1.29 is 17.9 Å². The molecule has 2 aromatic rings. The molecule has 0 bridgehead atoms. The van der Waals surface area contributed by atoms with Crippen molar-refractivity contribution in [3.63, 3.8) is 0 Å². The third-order valence-corrected chi connectivity index (χ3v) is 6.75. The largest absolute Gasteiger partial charge is 0.466 e. The Morgan fingerprint density at radius 2 is 1.78 bits per heavy atom. The van der Waals surface area contributed by atoms with E-state index in [2.05, 4.69) is 0 Å². The Morgan fingerprint density at radius 1 is 1.11 bits per heavy atom. The predicted octanol–water partition coefficient (Wildman–Crippen LogP) is 3.54. The number of hydrogen-bond donors (Lipinski definition) is 0. The Hall–Kier alpha value is -2.34. The van der Waals surface area contributed by atoms with E-state index in [1.807, 2.05) is 61.5 Å². The van der Waals surface area contributed by atoms with Crippen LogP contribution in [0.15, 0.2) is 54.6 Å². The number of para-hydroxylation sites is 1. The summed E-state index contributed by atoms with van der Waals surface area (Å²) < 4.78 is 33.1. The van der Waals surface area contributed by atoms with Gasteiger partial charge in [-0.25, -0.2) is 8.42 Å². The van der Waals surface area contributed by atoms with Gasteiger partial charge in [-0.2, -0.15) is 0 Å². The molecule has 5 nitrogen and oxygen atoms in total. The van der Waals surface area contributed by atoms with Crippen LogP contribution in [-0.4, -0.2) is 27.5 Å². The first-order valence-corrected chi connectivity index (χ1v) is 10.8. The summed E-state index contributed by atoms with van der Waals surface area (Å²) in [4.78, 5) is 12.5. The van der Waals surface area contributed by atoms with Crippen molar-refractivity contribution in [2.45, 2.75) is 32.4 Å². The van der Waals surface area contributed by atoms with Crippen LogP contribution in [0.25, 0.3) is 0 Å². The highest BCUT2D eigenvalue weighted by molar-refractivity contribution is 7.92. The van der Waals surface area contributed by atoms with Gasteiger partial charge in [-0.3, -0.25) is 9.10 Å². The molecule has 0 aromatic heterocycles. The van der Waals surface area contributed by atoms with Crippen LogP contribution in [0.4, 0.5) is 5.69 Å². The maximum absolute atomic E-state index is 13.2.